The molecule has 0 bridgehead atoms. The number of hydrogen-bond donors (Lipinski definition) is 0. The van der Waals surface area contributed by atoms with Crippen molar-refractivity contribution in [1.82, 2.24) is 15.0 Å². The SMILES string of the molecule is ClI(Cl)c1ccc(Oc2nc(Oc3ccc(I(Cl)Cl)cc3)nc(Oc3ccc(I(Cl)Cl)cc3)n2)cc1. The van der Waals surface area contributed by atoms with Crippen LogP contribution in [0.4, 0.5) is 0 Å². The first-order valence-corrected chi connectivity index (χ1v) is 29.1. The second-order valence-electron chi connectivity index (χ2n) is 6.44. The van der Waals surface area contributed by atoms with Gasteiger partial charge >= 0.3 is 254 Å². The third-order valence-corrected chi connectivity index (χ3v) is 15.8. The first-order valence-electron chi connectivity index (χ1n) is 9.45. The van der Waals surface area contributed by atoms with E-state index in [1.807, 2.05) is 0 Å². The summed E-state index contributed by atoms with van der Waals surface area (Å²) in [5, 5.41) is 0. The topological polar surface area (TPSA) is 66.4 Å². The zero-order valence-corrected chi connectivity index (χ0v) is 28.4. The third-order valence-electron chi connectivity index (χ3n) is 4.14. The van der Waals surface area contributed by atoms with Gasteiger partial charge in [0, 0.05) is 0 Å². The summed E-state index contributed by atoms with van der Waals surface area (Å²) in [5.74, 6) is 1.43. The monoisotopic (exact) mass is 945 g/mol. The molecule has 6 nitrogen and oxygen atoms in total. The van der Waals surface area contributed by atoms with Crippen LogP contribution in [0.5, 0.6) is 35.3 Å². The predicted octanol–water partition coefficient (Wildman–Crippen LogP) is 11.2. The predicted molar refractivity (Wildman–Crippen MR) is 173 cm³/mol. The van der Waals surface area contributed by atoms with Crippen LogP contribution in [0.1, 0.15) is 0 Å². The van der Waals surface area contributed by atoms with Crippen molar-refractivity contribution in [2.24, 2.45) is 0 Å². The molecule has 0 spiro atoms. The molecule has 0 saturated carbocycles. The molecule has 0 aliphatic heterocycles. The molecule has 0 N–H and O–H groups in total. The molecule has 0 aliphatic carbocycles. The standard InChI is InChI=1S/C21H12Cl6I3N3O3/c22-28(23)13-1-7-16(8-2-13)34-19-31-20(35-17-9-3-14(4-10-17)29(24)25)33-21(32-19)36-18-11-5-15(6-12-18)30(26)27/h1-12H. The summed E-state index contributed by atoms with van der Waals surface area (Å²) in [6.45, 7) is 0. The van der Waals surface area contributed by atoms with Gasteiger partial charge in [0.05, 0.1) is 0 Å². The van der Waals surface area contributed by atoms with Crippen molar-refractivity contribution in [3.63, 3.8) is 0 Å². The van der Waals surface area contributed by atoms with Crippen molar-refractivity contribution < 1.29 is 14.2 Å². The summed E-state index contributed by atoms with van der Waals surface area (Å²) in [7, 11) is 36.3. The molecule has 4 aromatic rings. The Balaban J connectivity index is 1.61. The van der Waals surface area contributed by atoms with Gasteiger partial charge in [0.15, 0.2) is 0 Å². The minimum atomic E-state index is -2.14. The number of ether oxygens (including phenoxy) is 3. The van der Waals surface area contributed by atoms with Gasteiger partial charge in [0.1, 0.15) is 0 Å². The fourth-order valence-corrected chi connectivity index (χ4v) is 9.11. The zero-order valence-electron chi connectivity index (χ0n) is 17.4. The van der Waals surface area contributed by atoms with Gasteiger partial charge in [0.2, 0.25) is 0 Å². The van der Waals surface area contributed by atoms with Gasteiger partial charge in [-0.3, -0.25) is 0 Å². The van der Waals surface area contributed by atoms with Crippen LogP contribution < -0.4 is 14.2 Å². The van der Waals surface area contributed by atoms with Crippen molar-refractivity contribution in [3.05, 3.63) is 83.5 Å². The number of rotatable bonds is 9. The Labute approximate surface area is 250 Å². The van der Waals surface area contributed by atoms with E-state index in [1.165, 1.54) is 0 Å². The van der Waals surface area contributed by atoms with Gasteiger partial charge in [-0.05, 0) is 0 Å². The van der Waals surface area contributed by atoms with Crippen LogP contribution in [-0.4, -0.2) is 15.0 Å². The molecular weight excluding hydrogens is 936 g/mol. The van der Waals surface area contributed by atoms with Gasteiger partial charge in [-0.15, -0.1) is 0 Å². The van der Waals surface area contributed by atoms with E-state index < -0.39 is 52.7 Å². The molecule has 15 heteroatoms. The van der Waals surface area contributed by atoms with E-state index >= 15 is 0 Å². The molecule has 1 heterocycles. The van der Waals surface area contributed by atoms with Crippen LogP contribution in [0, 0.1) is 10.7 Å². The minimum absolute atomic E-state index is 0.0343. The summed E-state index contributed by atoms with van der Waals surface area (Å²) in [6, 6.07) is 21.1. The van der Waals surface area contributed by atoms with Crippen LogP contribution in [0.3, 0.4) is 0 Å². The average Bonchev–Trinajstić information content (AvgIpc) is 2.85. The van der Waals surface area contributed by atoms with Crippen LogP contribution in [0.2, 0.25) is 0 Å². The van der Waals surface area contributed by atoms with Gasteiger partial charge in [0.25, 0.3) is 0 Å². The van der Waals surface area contributed by atoms with Crippen molar-refractivity contribution in [2.45, 2.75) is 0 Å². The van der Waals surface area contributed by atoms with Crippen LogP contribution in [-0.2, 0) is 0 Å². The van der Waals surface area contributed by atoms with Crippen LogP contribution in [0.25, 0.3) is 0 Å². The van der Waals surface area contributed by atoms with E-state index in [0.717, 1.165) is 10.7 Å². The fourth-order valence-electron chi connectivity index (χ4n) is 2.57. The summed E-state index contributed by atoms with van der Waals surface area (Å²) in [6.07, 6.45) is 0. The van der Waals surface area contributed by atoms with E-state index in [4.69, 9.17) is 67.7 Å². The second kappa shape index (κ2) is 13.9. The molecule has 36 heavy (non-hydrogen) atoms. The van der Waals surface area contributed by atoms with Crippen molar-refractivity contribution in [1.29, 1.82) is 0 Å². The molecule has 0 aliphatic rings. The van der Waals surface area contributed by atoms with E-state index in [1.54, 1.807) is 72.8 Å². The molecular formula is C21H12Cl6I3N3O3. The fraction of sp³-hybridized carbons (Fsp3) is 0. The van der Waals surface area contributed by atoms with E-state index in [0.29, 0.717) is 17.2 Å². The summed E-state index contributed by atoms with van der Waals surface area (Å²) in [5.41, 5.74) is 0. The summed E-state index contributed by atoms with van der Waals surface area (Å²) >= 11 is -6.42. The maximum absolute atomic E-state index is 6.06. The Bertz CT molecular complexity index is 1130. The average molecular weight is 948 g/mol. The Morgan fingerprint density at radius 3 is 0.806 bits per heavy atom. The van der Waals surface area contributed by atoms with Gasteiger partial charge < -0.3 is 0 Å². The molecule has 0 unspecified atom stereocenters. The molecule has 0 fully saturated rings. The van der Waals surface area contributed by atoms with E-state index in [-0.39, 0.29) is 18.0 Å². The van der Waals surface area contributed by atoms with E-state index in [2.05, 4.69) is 15.0 Å². The van der Waals surface area contributed by atoms with Gasteiger partial charge in [-0.25, -0.2) is 0 Å². The summed E-state index contributed by atoms with van der Waals surface area (Å²) in [4.78, 5) is 12.8. The number of halogens is 9. The zero-order chi connectivity index (χ0) is 25.7. The first kappa shape index (κ1) is 29.0. The van der Waals surface area contributed by atoms with Gasteiger partial charge in [-0.2, -0.15) is 0 Å². The molecule has 0 saturated heterocycles. The van der Waals surface area contributed by atoms with Gasteiger partial charge in [-0.1, -0.05) is 0 Å². The number of nitrogens with zero attached hydrogens (tertiary/aromatic N) is 3. The molecule has 0 radical (unpaired) electrons. The molecule has 4 rings (SSSR count). The summed E-state index contributed by atoms with van der Waals surface area (Å²) < 4.78 is 20.1. The van der Waals surface area contributed by atoms with Crippen molar-refractivity contribution in [3.8, 4) is 35.3 Å². The second-order valence-corrected chi connectivity index (χ2v) is 28.0. The number of benzene rings is 3. The molecule has 1 aromatic heterocycles. The Kier molecular flexibility index (Phi) is 11.2. The number of hydrogen-bond acceptors (Lipinski definition) is 6. The molecule has 192 valence electrons. The third kappa shape index (κ3) is 8.50. The molecule has 0 atom stereocenters. The molecule has 3 aromatic carbocycles. The van der Waals surface area contributed by atoms with Crippen LogP contribution in [0.15, 0.2) is 72.8 Å². The first-order chi connectivity index (χ1) is 17.3. The quantitative estimate of drug-likeness (QED) is 0.156. The Hall–Kier alpha value is 0.0000000000000000555. The van der Waals surface area contributed by atoms with E-state index in [9.17, 15) is 0 Å². The van der Waals surface area contributed by atoms with Crippen LogP contribution >= 0.6 is 106 Å². The number of aromatic nitrogens is 3. The Morgan fingerprint density at radius 1 is 0.389 bits per heavy atom. The normalized spacial score (nSPS) is 12.0. The maximum atomic E-state index is 6.06. The van der Waals surface area contributed by atoms with Crippen molar-refractivity contribution in [2.75, 3.05) is 0 Å². The Morgan fingerprint density at radius 2 is 0.611 bits per heavy atom. The molecule has 0 amide bonds. The van der Waals surface area contributed by atoms with Crippen molar-refractivity contribution >= 4 is 106 Å².